The largest absolute Gasteiger partial charge is 0.510 e. The first-order chi connectivity index (χ1) is 6.67. The molecule has 6 heteroatoms. The molecule has 14 heavy (non-hydrogen) atoms. The van der Waals surface area contributed by atoms with Crippen LogP contribution < -0.4 is 0 Å². The predicted molar refractivity (Wildman–Crippen MR) is 48.6 cm³/mol. The van der Waals surface area contributed by atoms with Gasteiger partial charge in [0, 0.05) is 13.5 Å². The van der Waals surface area contributed by atoms with E-state index in [2.05, 4.69) is 14.7 Å². The van der Waals surface area contributed by atoms with Crippen molar-refractivity contribution in [2.24, 2.45) is 5.18 Å². The highest BCUT2D eigenvalue weighted by Crippen LogP contribution is 2.09. The summed E-state index contributed by atoms with van der Waals surface area (Å²) in [5.41, 5.74) is -0.594. The van der Waals surface area contributed by atoms with Crippen LogP contribution in [0.25, 0.3) is 0 Å². The van der Waals surface area contributed by atoms with E-state index < -0.39 is 17.4 Å². The summed E-state index contributed by atoms with van der Waals surface area (Å²) in [6.45, 7) is 1.91. The Morgan fingerprint density at radius 2 is 2.14 bits per heavy atom. The molecule has 0 aliphatic rings. The summed E-state index contributed by atoms with van der Waals surface area (Å²) >= 11 is 0. The van der Waals surface area contributed by atoms with Gasteiger partial charge in [0.25, 0.3) is 0 Å². The van der Waals surface area contributed by atoms with Crippen LogP contribution in [0.2, 0.25) is 0 Å². The highest BCUT2D eigenvalue weighted by molar-refractivity contribution is 5.88. The van der Waals surface area contributed by atoms with Crippen molar-refractivity contribution in [1.29, 1.82) is 0 Å². The first-order valence-corrected chi connectivity index (χ1v) is 4.08. The fourth-order valence-corrected chi connectivity index (χ4v) is 0.724. The van der Waals surface area contributed by atoms with Crippen molar-refractivity contribution in [2.75, 3.05) is 20.3 Å². The molecule has 0 unspecified atom stereocenters. The molecule has 0 aliphatic heterocycles. The normalized spacial score (nSPS) is 11.9. The van der Waals surface area contributed by atoms with Gasteiger partial charge in [-0.3, -0.25) is 0 Å². The zero-order chi connectivity index (χ0) is 11.0. The third-order valence-electron chi connectivity index (χ3n) is 1.38. The predicted octanol–water partition coefficient (Wildman–Crippen LogP) is 1.12. The first kappa shape index (κ1) is 12.6. The quantitative estimate of drug-likeness (QED) is 0.302. The molecule has 0 aliphatic carbocycles. The van der Waals surface area contributed by atoms with Crippen LogP contribution in [-0.2, 0) is 14.3 Å². The molecule has 0 spiro atoms. The average molecular weight is 203 g/mol. The lowest BCUT2D eigenvalue weighted by molar-refractivity contribution is -0.138. The molecule has 0 aromatic heterocycles. The van der Waals surface area contributed by atoms with Gasteiger partial charge < -0.3 is 14.6 Å². The minimum Gasteiger partial charge on any atom is -0.510 e. The second-order valence-corrected chi connectivity index (χ2v) is 2.35. The number of nitrogens with zero attached hydrogens (tertiary/aromatic N) is 1. The highest BCUT2D eigenvalue weighted by atomic mass is 16.5. The van der Waals surface area contributed by atoms with Gasteiger partial charge in [0.1, 0.15) is 5.76 Å². The van der Waals surface area contributed by atoms with Gasteiger partial charge in [0.05, 0.1) is 13.2 Å². The summed E-state index contributed by atoms with van der Waals surface area (Å²) < 4.78 is 9.16. The van der Waals surface area contributed by atoms with Gasteiger partial charge in [-0.1, -0.05) is 0 Å². The first-order valence-electron chi connectivity index (χ1n) is 4.08. The van der Waals surface area contributed by atoms with Gasteiger partial charge in [-0.2, -0.15) is 0 Å². The smallest absolute Gasteiger partial charge is 0.364 e. The summed E-state index contributed by atoms with van der Waals surface area (Å²) in [7, 11) is 1.44. The van der Waals surface area contributed by atoms with E-state index in [0.717, 1.165) is 0 Å². The molecule has 0 amide bonds. The van der Waals surface area contributed by atoms with Crippen molar-refractivity contribution in [3.8, 4) is 0 Å². The Morgan fingerprint density at radius 1 is 1.50 bits per heavy atom. The topological polar surface area (TPSA) is 85.2 Å². The summed E-state index contributed by atoms with van der Waals surface area (Å²) in [4.78, 5) is 21.2. The van der Waals surface area contributed by atoms with Crippen molar-refractivity contribution >= 4 is 5.97 Å². The zero-order valence-corrected chi connectivity index (χ0v) is 8.15. The summed E-state index contributed by atoms with van der Waals surface area (Å²) in [6, 6.07) is 0. The van der Waals surface area contributed by atoms with E-state index in [0.29, 0.717) is 0 Å². The van der Waals surface area contributed by atoms with Gasteiger partial charge in [0.15, 0.2) is 0 Å². The number of aliphatic hydroxyl groups excluding tert-OH is 1. The molecule has 0 saturated carbocycles. The number of carbonyl (C=O) groups is 1. The minimum absolute atomic E-state index is 0.0520. The lowest BCUT2D eigenvalue weighted by Gasteiger charge is -2.02. The Morgan fingerprint density at radius 3 is 2.57 bits per heavy atom. The number of rotatable bonds is 6. The van der Waals surface area contributed by atoms with Crippen LogP contribution >= 0.6 is 0 Å². The third-order valence-corrected chi connectivity index (χ3v) is 1.38. The van der Waals surface area contributed by atoms with Crippen LogP contribution in [0, 0.1) is 4.91 Å². The Labute approximate surface area is 81.5 Å². The summed E-state index contributed by atoms with van der Waals surface area (Å²) in [5.74, 6) is -1.34. The molecule has 0 bridgehead atoms. The molecule has 1 N–H and O–H groups in total. The highest BCUT2D eigenvalue weighted by Gasteiger charge is 2.17. The molecule has 6 nitrogen and oxygen atoms in total. The van der Waals surface area contributed by atoms with Crippen molar-refractivity contribution < 1.29 is 19.4 Å². The fourth-order valence-electron chi connectivity index (χ4n) is 0.724. The van der Waals surface area contributed by atoms with Crippen LogP contribution in [0.1, 0.15) is 13.3 Å². The third kappa shape index (κ3) is 3.99. The van der Waals surface area contributed by atoms with Crippen LogP contribution in [-0.4, -0.2) is 31.4 Å². The molecule has 0 heterocycles. The van der Waals surface area contributed by atoms with Crippen molar-refractivity contribution in [3.05, 3.63) is 16.4 Å². The van der Waals surface area contributed by atoms with Crippen molar-refractivity contribution in [2.45, 2.75) is 13.3 Å². The monoisotopic (exact) mass is 203 g/mol. The maximum atomic E-state index is 11.0. The standard InChI is InChI=1S/C8H13NO5/c1-3-14-8(11)7(9-12)6(10)4-5-13-2/h10H,3-5H2,1-2H3/b7-6+. The van der Waals surface area contributed by atoms with E-state index in [4.69, 9.17) is 0 Å². The van der Waals surface area contributed by atoms with Gasteiger partial charge in [0.2, 0.25) is 5.70 Å². The van der Waals surface area contributed by atoms with Gasteiger partial charge in [-0.25, -0.2) is 4.79 Å². The average Bonchev–Trinajstić information content (AvgIpc) is 2.16. The Balaban J connectivity index is 4.48. The van der Waals surface area contributed by atoms with Crippen LogP contribution in [0.15, 0.2) is 16.6 Å². The van der Waals surface area contributed by atoms with Crippen LogP contribution in [0.3, 0.4) is 0 Å². The second-order valence-electron chi connectivity index (χ2n) is 2.35. The van der Waals surface area contributed by atoms with Gasteiger partial charge >= 0.3 is 5.97 Å². The number of hydrogen-bond donors (Lipinski definition) is 1. The molecule has 0 fully saturated rings. The SMILES string of the molecule is CCOC(=O)/C(N=O)=C(\O)CCOC. The lowest BCUT2D eigenvalue weighted by atomic mass is 10.3. The molecule has 80 valence electrons. The Kier molecular flexibility index (Phi) is 6.30. The Hall–Kier alpha value is -1.43. The number of esters is 1. The molecule has 0 radical (unpaired) electrons. The molecule has 0 saturated heterocycles. The molecular weight excluding hydrogens is 190 g/mol. The number of hydrogen-bond acceptors (Lipinski definition) is 6. The summed E-state index contributed by atoms with van der Waals surface area (Å²) in [5, 5.41) is 11.7. The van der Waals surface area contributed by atoms with E-state index in [1.54, 1.807) is 6.92 Å². The number of carbonyl (C=O) groups excluding carboxylic acids is 1. The number of ether oxygens (including phenoxy) is 2. The summed E-state index contributed by atoms with van der Waals surface area (Å²) in [6.07, 6.45) is 0.0520. The van der Waals surface area contributed by atoms with Crippen LogP contribution in [0.5, 0.6) is 0 Å². The van der Waals surface area contributed by atoms with Crippen molar-refractivity contribution in [3.63, 3.8) is 0 Å². The number of methoxy groups -OCH3 is 1. The lowest BCUT2D eigenvalue weighted by Crippen LogP contribution is -2.09. The number of aliphatic hydroxyl groups is 1. The molecule has 0 atom stereocenters. The van der Waals surface area contributed by atoms with Gasteiger partial charge in [-0.15, -0.1) is 4.91 Å². The Bertz CT molecular complexity index is 236. The number of nitroso groups, excluding NO2 is 1. The van der Waals surface area contributed by atoms with E-state index >= 15 is 0 Å². The second kappa shape index (κ2) is 7.02. The molecule has 0 aromatic carbocycles. The molecule has 0 rings (SSSR count). The zero-order valence-electron chi connectivity index (χ0n) is 8.15. The van der Waals surface area contributed by atoms with E-state index in [1.807, 2.05) is 0 Å². The maximum Gasteiger partial charge on any atom is 0.364 e. The maximum absolute atomic E-state index is 11.0. The van der Waals surface area contributed by atoms with E-state index in [1.165, 1.54) is 7.11 Å². The van der Waals surface area contributed by atoms with Crippen molar-refractivity contribution in [1.82, 2.24) is 0 Å². The molecule has 0 aromatic rings. The van der Waals surface area contributed by atoms with E-state index in [9.17, 15) is 14.8 Å². The fraction of sp³-hybridized carbons (Fsp3) is 0.625. The minimum atomic E-state index is -0.920. The van der Waals surface area contributed by atoms with Gasteiger partial charge in [-0.05, 0) is 12.1 Å². The van der Waals surface area contributed by atoms with E-state index in [-0.39, 0.29) is 19.6 Å². The molecular formula is C8H13NO5. The van der Waals surface area contributed by atoms with Crippen LogP contribution in [0.4, 0.5) is 0 Å².